The quantitative estimate of drug-likeness (QED) is 0.873. The second-order valence-electron chi connectivity index (χ2n) is 7.01. The van der Waals surface area contributed by atoms with Crippen LogP contribution in [-0.4, -0.2) is 23.6 Å². The number of carbonyl (C=O) groups is 2. The minimum atomic E-state index is -0.643. The first kappa shape index (κ1) is 19.0. The lowest BCUT2D eigenvalue weighted by atomic mass is 10.0. The summed E-state index contributed by atoms with van der Waals surface area (Å²) in [5.74, 6) is -0.271. The van der Waals surface area contributed by atoms with Crippen LogP contribution in [0.5, 0.6) is 0 Å². The fourth-order valence-electron chi connectivity index (χ4n) is 2.10. The highest BCUT2D eigenvalue weighted by molar-refractivity contribution is 5.86. The zero-order chi connectivity index (χ0) is 17.6. The SMILES string of the molecule is CC(C)[C@H](NC(=O)OC(C)(C)C)C(=O)N[C@H](C)c1ccccc1. The molecular formula is C18H28N2O3. The van der Waals surface area contributed by atoms with Crippen molar-refractivity contribution in [1.82, 2.24) is 10.6 Å². The maximum absolute atomic E-state index is 12.5. The average Bonchev–Trinajstić information content (AvgIpc) is 2.43. The van der Waals surface area contributed by atoms with Gasteiger partial charge in [0, 0.05) is 0 Å². The van der Waals surface area contributed by atoms with E-state index in [4.69, 9.17) is 4.74 Å². The maximum atomic E-state index is 12.5. The zero-order valence-corrected chi connectivity index (χ0v) is 14.8. The number of ether oxygens (including phenoxy) is 1. The molecule has 0 radical (unpaired) electrons. The molecule has 0 aliphatic carbocycles. The van der Waals surface area contributed by atoms with Gasteiger partial charge in [-0.1, -0.05) is 44.2 Å². The summed E-state index contributed by atoms with van der Waals surface area (Å²) in [5, 5.41) is 5.59. The van der Waals surface area contributed by atoms with E-state index in [2.05, 4.69) is 10.6 Å². The molecule has 2 N–H and O–H groups in total. The number of carbonyl (C=O) groups excluding carboxylic acids is 2. The van der Waals surface area contributed by atoms with Crippen molar-refractivity contribution in [3.05, 3.63) is 35.9 Å². The van der Waals surface area contributed by atoms with E-state index >= 15 is 0 Å². The molecule has 1 aromatic carbocycles. The highest BCUT2D eigenvalue weighted by Crippen LogP contribution is 2.13. The molecule has 0 saturated carbocycles. The second kappa shape index (κ2) is 7.99. The molecule has 0 aliphatic heterocycles. The molecule has 128 valence electrons. The number of rotatable bonds is 5. The number of hydrogen-bond acceptors (Lipinski definition) is 3. The van der Waals surface area contributed by atoms with E-state index < -0.39 is 17.7 Å². The van der Waals surface area contributed by atoms with Crippen LogP contribution in [-0.2, 0) is 9.53 Å². The van der Waals surface area contributed by atoms with Crippen molar-refractivity contribution < 1.29 is 14.3 Å². The van der Waals surface area contributed by atoms with Crippen LogP contribution in [0.3, 0.4) is 0 Å². The highest BCUT2D eigenvalue weighted by atomic mass is 16.6. The van der Waals surface area contributed by atoms with Gasteiger partial charge in [-0.2, -0.15) is 0 Å². The predicted octanol–water partition coefficient (Wildman–Crippen LogP) is 3.41. The van der Waals surface area contributed by atoms with E-state index in [0.717, 1.165) is 5.56 Å². The van der Waals surface area contributed by atoms with Gasteiger partial charge >= 0.3 is 6.09 Å². The average molecular weight is 320 g/mol. The largest absolute Gasteiger partial charge is 0.444 e. The first-order valence-corrected chi connectivity index (χ1v) is 7.95. The third-order valence-corrected chi connectivity index (χ3v) is 3.28. The van der Waals surface area contributed by atoms with Crippen molar-refractivity contribution in [2.75, 3.05) is 0 Å². The van der Waals surface area contributed by atoms with E-state index in [-0.39, 0.29) is 17.9 Å². The van der Waals surface area contributed by atoms with Crippen LogP contribution >= 0.6 is 0 Å². The molecule has 1 rings (SSSR count). The number of hydrogen-bond donors (Lipinski definition) is 2. The number of alkyl carbamates (subject to hydrolysis) is 1. The smallest absolute Gasteiger partial charge is 0.408 e. The van der Waals surface area contributed by atoms with E-state index in [1.165, 1.54) is 0 Å². The Bertz CT molecular complexity index is 521. The van der Waals surface area contributed by atoms with Crippen molar-refractivity contribution in [2.24, 2.45) is 5.92 Å². The van der Waals surface area contributed by atoms with Gasteiger partial charge in [0.25, 0.3) is 0 Å². The van der Waals surface area contributed by atoms with Gasteiger partial charge in [0.15, 0.2) is 0 Å². The van der Waals surface area contributed by atoms with Crippen LogP contribution in [0.15, 0.2) is 30.3 Å². The molecule has 0 unspecified atom stereocenters. The van der Waals surface area contributed by atoms with E-state index in [1.54, 1.807) is 20.8 Å². The molecule has 5 nitrogen and oxygen atoms in total. The lowest BCUT2D eigenvalue weighted by Crippen LogP contribution is -2.51. The van der Waals surface area contributed by atoms with Crippen molar-refractivity contribution in [2.45, 2.75) is 59.2 Å². The Morgan fingerprint density at radius 1 is 1.00 bits per heavy atom. The Hall–Kier alpha value is -2.04. The summed E-state index contributed by atoms with van der Waals surface area (Å²) in [7, 11) is 0. The molecule has 0 spiro atoms. The molecule has 0 aromatic heterocycles. The molecule has 2 amide bonds. The number of amides is 2. The third kappa shape index (κ3) is 6.72. The fraction of sp³-hybridized carbons (Fsp3) is 0.556. The molecule has 23 heavy (non-hydrogen) atoms. The van der Waals surface area contributed by atoms with E-state index in [0.29, 0.717) is 0 Å². The minimum absolute atomic E-state index is 0.0505. The van der Waals surface area contributed by atoms with Crippen molar-refractivity contribution >= 4 is 12.0 Å². The molecule has 5 heteroatoms. The molecule has 0 saturated heterocycles. The van der Waals surface area contributed by atoms with Crippen LogP contribution in [0.4, 0.5) is 4.79 Å². The fourth-order valence-corrected chi connectivity index (χ4v) is 2.10. The summed E-state index contributed by atoms with van der Waals surface area (Å²) < 4.78 is 5.23. The first-order valence-electron chi connectivity index (χ1n) is 7.95. The van der Waals surface area contributed by atoms with Gasteiger partial charge in [-0.3, -0.25) is 4.79 Å². The summed E-state index contributed by atoms with van der Waals surface area (Å²) in [6.07, 6.45) is -0.585. The molecular weight excluding hydrogens is 292 g/mol. The number of benzene rings is 1. The second-order valence-corrected chi connectivity index (χ2v) is 7.01. The van der Waals surface area contributed by atoms with Crippen molar-refractivity contribution in [3.63, 3.8) is 0 Å². The normalized spacial score (nSPS) is 14.0. The Morgan fingerprint density at radius 2 is 1.57 bits per heavy atom. The lowest BCUT2D eigenvalue weighted by Gasteiger charge is -2.26. The Morgan fingerprint density at radius 3 is 2.04 bits per heavy atom. The topological polar surface area (TPSA) is 67.4 Å². The molecule has 0 fully saturated rings. The first-order chi connectivity index (χ1) is 10.6. The van der Waals surface area contributed by atoms with Gasteiger partial charge in [0.2, 0.25) is 5.91 Å². The Balaban J connectivity index is 2.70. The Labute approximate surface area is 138 Å². The third-order valence-electron chi connectivity index (χ3n) is 3.28. The molecule has 0 heterocycles. The summed E-state index contributed by atoms with van der Waals surface area (Å²) in [4.78, 5) is 24.4. The Kier molecular flexibility index (Phi) is 6.61. The molecule has 2 atom stereocenters. The standard InChI is InChI=1S/C18H28N2O3/c1-12(2)15(20-17(22)23-18(4,5)6)16(21)19-13(3)14-10-8-7-9-11-14/h7-13,15H,1-6H3,(H,19,21)(H,20,22)/t13-,15+/m1/s1. The van der Waals surface area contributed by atoms with Gasteiger partial charge in [0.1, 0.15) is 11.6 Å². The summed E-state index contributed by atoms with van der Waals surface area (Å²) in [6, 6.07) is 8.92. The summed E-state index contributed by atoms with van der Waals surface area (Å²) in [6.45, 7) is 11.0. The van der Waals surface area contributed by atoms with Crippen LogP contribution in [0.2, 0.25) is 0 Å². The van der Waals surface area contributed by atoms with Crippen molar-refractivity contribution in [3.8, 4) is 0 Å². The van der Waals surface area contributed by atoms with Crippen molar-refractivity contribution in [1.29, 1.82) is 0 Å². The highest BCUT2D eigenvalue weighted by Gasteiger charge is 2.27. The van der Waals surface area contributed by atoms with E-state index in [9.17, 15) is 9.59 Å². The van der Waals surface area contributed by atoms with Crippen LogP contribution < -0.4 is 10.6 Å². The van der Waals surface area contributed by atoms with Gasteiger partial charge in [0.05, 0.1) is 6.04 Å². The maximum Gasteiger partial charge on any atom is 0.408 e. The zero-order valence-electron chi connectivity index (χ0n) is 14.8. The van der Waals surface area contributed by atoms with Gasteiger partial charge in [-0.05, 0) is 39.2 Å². The van der Waals surface area contributed by atoms with Gasteiger partial charge in [-0.25, -0.2) is 4.79 Å². The monoisotopic (exact) mass is 320 g/mol. The molecule has 1 aromatic rings. The van der Waals surface area contributed by atoms with Crippen LogP contribution in [0.1, 0.15) is 53.1 Å². The molecule has 0 aliphatic rings. The van der Waals surface area contributed by atoms with Gasteiger partial charge in [-0.15, -0.1) is 0 Å². The summed E-state index contributed by atoms with van der Waals surface area (Å²) in [5.41, 5.74) is 0.417. The van der Waals surface area contributed by atoms with Gasteiger partial charge < -0.3 is 15.4 Å². The van der Waals surface area contributed by atoms with Crippen LogP contribution in [0.25, 0.3) is 0 Å². The number of nitrogens with one attached hydrogen (secondary N) is 2. The minimum Gasteiger partial charge on any atom is -0.444 e. The summed E-state index contributed by atoms with van der Waals surface area (Å²) >= 11 is 0. The van der Waals surface area contributed by atoms with E-state index in [1.807, 2.05) is 51.1 Å². The predicted molar refractivity (Wildman–Crippen MR) is 91.0 cm³/mol. The lowest BCUT2D eigenvalue weighted by molar-refractivity contribution is -0.124. The molecule has 0 bridgehead atoms. The van der Waals surface area contributed by atoms with Crippen LogP contribution in [0, 0.1) is 5.92 Å².